The smallest absolute Gasteiger partial charge is 0.304 e. The average molecular weight is 314 g/mol. The van der Waals surface area contributed by atoms with Crippen molar-refractivity contribution in [3.8, 4) is 0 Å². The molecule has 3 aliphatic heterocycles. The molecule has 4 heterocycles. The molecule has 122 valence electrons. The molecule has 0 radical (unpaired) electrons. The van der Waals surface area contributed by atoms with E-state index in [0.29, 0.717) is 12.1 Å². The van der Waals surface area contributed by atoms with Crippen molar-refractivity contribution in [2.45, 2.75) is 24.7 Å². The Morgan fingerprint density at radius 2 is 1.86 bits per heavy atom. The number of hydrogen-bond acceptors (Lipinski definition) is 4. The normalized spacial score (nSPS) is 29.5. The van der Waals surface area contributed by atoms with Crippen molar-refractivity contribution in [3.05, 3.63) is 30.1 Å². The molecule has 7 heteroatoms. The number of aromatic nitrogens is 1. The van der Waals surface area contributed by atoms with Crippen LogP contribution in [-0.4, -0.2) is 72.3 Å². The van der Waals surface area contributed by atoms with Gasteiger partial charge in [-0.1, -0.05) is 0 Å². The van der Waals surface area contributed by atoms with Gasteiger partial charge in [0.25, 0.3) is 0 Å². The van der Waals surface area contributed by atoms with Crippen LogP contribution in [0, 0.1) is 0 Å². The number of nitrogens with zero attached hydrogens (tertiary/aromatic N) is 3. The first-order valence-electron chi connectivity index (χ1n) is 7.68. The van der Waals surface area contributed by atoms with Gasteiger partial charge in [-0.25, -0.2) is 0 Å². The number of halogens is 3. The molecule has 1 aromatic heterocycles. The maximum absolute atomic E-state index is 13.2. The minimum absolute atomic E-state index is 0.0531. The molecule has 2 unspecified atom stereocenters. The van der Waals surface area contributed by atoms with Gasteiger partial charge in [-0.3, -0.25) is 14.8 Å². The molecule has 2 atom stereocenters. The van der Waals surface area contributed by atoms with Gasteiger partial charge in [-0.05, 0) is 24.1 Å². The first kappa shape index (κ1) is 15.7. The zero-order valence-electron chi connectivity index (χ0n) is 12.4. The maximum Gasteiger partial charge on any atom is 0.404 e. The number of alkyl halides is 3. The van der Waals surface area contributed by atoms with Crippen LogP contribution < -0.4 is 5.32 Å². The summed E-state index contributed by atoms with van der Waals surface area (Å²) in [7, 11) is 0. The van der Waals surface area contributed by atoms with Gasteiger partial charge in [0.1, 0.15) is 6.04 Å². The molecule has 3 saturated heterocycles. The molecule has 0 spiro atoms. The third-order valence-corrected chi connectivity index (χ3v) is 4.58. The predicted molar refractivity (Wildman–Crippen MR) is 77.6 cm³/mol. The Labute approximate surface area is 128 Å². The summed E-state index contributed by atoms with van der Waals surface area (Å²) < 4.78 is 39.7. The molecule has 4 nitrogen and oxygen atoms in total. The van der Waals surface area contributed by atoms with Crippen molar-refractivity contribution >= 4 is 0 Å². The molecule has 3 fully saturated rings. The Kier molecular flexibility index (Phi) is 4.65. The van der Waals surface area contributed by atoms with Crippen LogP contribution in [0.25, 0.3) is 0 Å². The molecule has 22 heavy (non-hydrogen) atoms. The van der Waals surface area contributed by atoms with Gasteiger partial charge in [0.05, 0.1) is 0 Å². The number of piperazine rings is 3. The van der Waals surface area contributed by atoms with Gasteiger partial charge in [-0.2, -0.15) is 13.2 Å². The Balaban J connectivity index is 1.59. The summed E-state index contributed by atoms with van der Waals surface area (Å²) in [5, 5.41) is 2.75. The van der Waals surface area contributed by atoms with Crippen LogP contribution in [-0.2, 0) is 6.42 Å². The lowest BCUT2D eigenvalue weighted by molar-refractivity contribution is -0.156. The highest BCUT2D eigenvalue weighted by Crippen LogP contribution is 2.24. The number of hydrogen-bond donors (Lipinski definition) is 1. The summed E-state index contributed by atoms with van der Waals surface area (Å²) in [6.07, 6.45) is -1.24. The third kappa shape index (κ3) is 3.77. The molecule has 1 aromatic rings. The van der Waals surface area contributed by atoms with E-state index >= 15 is 0 Å². The molecule has 3 aliphatic rings. The van der Waals surface area contributed by atoms with Crippen molar-refractivity contribution in [2.75, 3.05) is 39.3 Å². The SMILES string of the molecule is FC(F)(F)C(Cc1ccncc1)NCC1CN2CCN1CC2. The van der Waals surface area contributed by atoms with E-state index in [1.54, 1.807) is 12.1 Å². The van der Waals surface area contributed by atoms with E-state index in [9.17, 15) is 13.2 Å². The summed E-state index contributed by atoms with van der Waals surface area (Å²) in [5.74, 6) is 0. The fraction of sp³-hybridized carbons (Fsp3) is 0.667. The first-order chi connectivity index (χ1) is 10.5. The van der Waals surface area contributed by atoms with E-state index in [0.717, 1.165) is 32.7 Å². The lowest BCUT2D eigenvalue weighted by Gasteiger charge is -2.47. The summed E-state index contributed by atoms with van der Waals surface area (Å²) in [6.45, 7) is 5.26. The highest BCUT2D eigenvalue weighted by atomic mass is 19.4. The van der Waals surface area contributed by atoms with Crippen LogP contribution >= 0.6 is 0 Å². The van der Waals surface area contributed by atoms with Gasteiger partial charge in [-0.15, -0.1) is 0 Å². The second kappa shape index (κ2) is 6.52. The Morgan fingerprint density at radius 3 is 2.41 bits per heavy atom. The molecule has 0 aliphatic carbocycles. The zero-order chi connectivity index (χ0) is 15.6. The molecule has 0 amide bonds. The van der Waals surface area contributed by atoms with Gasteiger partial charge < -0.3 is 5.32 Å². The van der Waals surface area contributed by atoms with Gasteiger partial charge >= 0.3 is 6.18 Å². The van der Waals surface area contributed by atoms with Crippen molar-refractivity contribution in [1.82, 2.24) is 20.1 Å². The van der Waals surface area contributed by atoms with Crippen molar-refractivity contribution < 1.29 is 13.2 Å². The monoisotopic (exact) mass is 314 g/mol. The van der Waals surface area contributed by atoms with E-state index in [-0.39, 0.29) is 12.5 Å². The number of fused-ring (bicyclic) bond motifs is 3. The quantitative estimate of drug-likeness (QED) is 0.883. The summed E-state index contributed by atoms with van der Waals surface area (Å²) in [4.78, 5) is 8.48. The van der Waals surface area contributed by atoms with E-state index in [1.807, 2.05) is 0 Å². The molecule has 1 N–H and O–H groups in total. The number of pyridine rings is 1. The molecule has 0 aromatic carbocycles. The first-order valence-corrected chi connectivity index (χ1v) is 7.68. The lowest BCUT2D eigenvalue weighted by Crippen LogP contribution is -2.64. The van der Waals surface area contributed by atoms with Gasteiger partial charge in [0.15, 0.2) is 0 Å². The fourth-order valence-electron chi connectivity index (χ4n) is 3.25. The van der Waals surface area contributed by atoms with Crippen LogP contribution in [0.4, 0.5) is 13.2 Å². The minimum Gasteiger partial charge on any atom is -0.304 e. The highest BCUT2D eigenvalue weighted by Gasteiger charge is 2.40. The van der Waals surface area contributed by atoms with Crippen LogP contribution in [0.3, 0.4) is 0 Å². The molecule has 0 saturated carbocycles. The Morgan fingerprint density at radius 1 is 1.18 bits per heavy atom. The number of nitrogens with one attached hydrogen (secondary N) is 1. The van der Waals surface area contributed by atoms with E-state index in [2.05, 4.69) is 20.1 Å². The Bertz CT molecular complexity index is 471. The molecule has 2 bridgehead atoms. The zero-order valence-corrected chi connectivity index (χ0v) is 12.4. The van der Waals surface area contributed by atoms with Crippen molar-refractivity contribution in [3.63, 3.8) is 0 Å². The second-order valence-corrected chi connectivity index (χ2v) is 6.05. The van der Waals surface area contributed by atoms with E-state index < -0.39 is 12.2 Å². The van der Waals surface area contributed by atoms with Gasteiger partial charge in [0.2, 0.25) is 0 Å². The van der Waals surface area contributed by atoms with Crippen molar-refractivity contribution in [2.24, 2.45) is 0 Å². The summed E-state index contributed by atoms with van der Waals surface area (Å²) >= 11 is 0. The fourth-order valence-corrected chi connectivity index (χ4v) is 3.25. The van der Waals surface area contributed by atoms with Crippen LogP contribution in [0.15, 0.2) is 24.5 Å². The molecular formula is C15H21F3N4. The largest absolute Gasteiger partial charge is 0.404 e. The maximum atomic E-state index is 13.2. The summed E-state index contributed by atoms with van der Waals surface area (Å²) in [5.41, 5.74) is 0.652. The van der Waals surface area contributed by atoms with Crippen LogP contribution in [0.2, 0.25) is 0 Å². The van der Waals surface area contributed by atoms with Crippen LogP contribution in [0.5, 0.6) is 0 Å². The molecule has 4 rings (SSSR count). The Hall–Kier alpha value is -1.18. The van der Waals surface area contributed by atoms with Crippen molar-refractivity contribution in [1.29, 1.82) is 0 Å². The highest BCUT2D eigenvalue weighted by molar-refractivity contribution is 5.12. The molecular weight excluding hydrogens is 293 g/mol. The van der Waals surface area contributed by atoms with E-state index in [1.165, 1.54) is 12.4 Å². The third-order valence-electron chi connectivity index (χ3n) is 4.58. The van der Waals surface area contributed by atoms with Crippen LogP contribution in [0.1, 0.15) is 5.56 Å². The standard InChI is InChI=1S/C15H21F3N4/c16-15(17,18)14(9-12-1-3-19-4-2-12)20-10-13-11-21-5-7-22(13)8-6-21/h1-4,13-14,20H,5-11H2. The summed E-state index contributed by atoms with van der Waals surface area (Å²) in [6, 6.07) is 1.95. The predicted octanol–water partition coefficient (Wildman–Crippen LogP) is 1.14. The van der Waals surface area contributed by atoms with E-state index in [4.69, 9.17) is 0 Å². The topological polar surface area (TPSA) is 31.4 Å². The minimum atomic E-state index is -4.24. The lowest BCUT2D eigenvalue weighted by atomic mass is 10.0. The average Bonchev–Trinajstić information content (AvgIpc) is 2.52. The number of rotatable bonds is 5. The second-order valence-electron chi connectivity index (χ2n) is 6.05. The van der Waals surface area contributed by atoms with Gasteiger partial charge in [0, 0.05) is 57.7 Å².